The van der Waals surface area contributed by atoms with E-state index in [0.29, 0.717) is 10.5 Å². The summed E-state index contributed by atoms with van der Waals surface area (Å²) in [5, 5.41) is 11.0. The molecular formula is C17H13N3O5S3. The van der Waals surface area contributed by atoms with Crippen LogP contribution in [0, 0.1) is 17.0 Å². The molecule has 1 heterocycles. The molecule has 144 valence electrons. The van der Waals surface area contributed by atoms with Gasteiger partial charge in [-0.2, -0.15) is 0 Å². The Hall–Kier alpha value is -2.60. The van der Waals surface area contributed by atoms with E-state index in [4.69, 9.17) is 12.2 Å². The molecule has 0 radical (unpaired) electrons. The average molecular weight is 436 g/mol. The van der Waals surface area contributed by atoms with Crippen molar-refractivity contribution < 1.29 is 18.1 Å². The number of sulfonamides is 1. The first-order valence-electron chi connectivity index (χ1n) is 7.79. The SMILES string of the molecule is Cc1ccc(S(=O)(=O)NN2C(=O)SC(=Cc3cccc([N+](=O)[O-])c3)C2=S)cc1. The number of benzene rings is 2. The molecule has 2 aromatic carbocycles. The number of hydrogen-bond acceptors (Lipinski definition) is 7. The molecule has 0 aliphatic carbocycles. The number of aryl methyl sites for hydroxylation is 1. The van der Waals surface area contributed by atoms with Crippen LogP contribution < -0.4 is 4.83 Å². The van der Waals surface area contributed by atoms with Gasteiger partial charge in [-0.15, -0.1) is 4.83 Å². The smallest absolute Gasteiger partial charge is 0.259 e. The maximum Gasteiger partial charge on any atom is 0.307 e. The van der Waals surface area contributed by atoms with Crippen LogP contribution in [0.3, 0.4) is 0 Å². The second kappa shape index (κ2) is 7.80. The third kappa shape index (κ3) is 4.28. The van der Waals surface area contributed by atoms with Crippen molar-refractivity contribution >= 4 is 56.0 Å². The Morgan fingerprint density at radius 2 is 1.89 bits per heavy atom. The van der Waals surface area contributed by atoms with E-state index in [0.717, 1.165) is 22.3 Å². The van der Waals surface area contributed by atoms with E-state index in [2.05, 4.69) is 4.83 Å². The monoisotopic (exact) mass is 435 g/mol. The van der Waals surface area contributed by atoms with E-state index < -0.39 is 20.2 Å². The number of nitro benzene ring substituents is 1. The molecule has 8 nitrogen and oxygen atoms in total. The summed E-state index contributed by atoms with van der Waals surface area (Å²) in [6.45, 7) is 1.82. The van der Waals surface area contributed by atoms with Gasteiger partial charge in [-0.3, -0.25) is 14.9 Å². The summed E-state index contributed by atoms with van der Waals surface area (Å²) >= 11 is 5.96. The van der Waals surface area contributed by atoms with Crippen molar-refractivity contribution in [3.8, 4) is 0 Å². The summed E-state index contributed by atoms with van der Waals surface area (Å²) in [5.74, 6) is 0. The minimum Gasteiger partial charge on any atom is -0.259 e. The Balaban J connectivity index is 1.85. The minimum atomic E-state index is -4.00. The number of thioether (sulfide) groups is 1. The Kier molecular flexibility index (Phi) is 5.61. The molecular weight excluding hydrogens is 422 g/mol. The Morgan fingerprint density at radius 1 is 1.21 bits per heavy atom. The van der Waals surface area contributed by atoms with Crippen LogP contribution in [-0.2, 0) is 10.0 Å². The summed E-state index contributed by atoms with van der Waals surface area (Å²) in [4.78, 5) is 25.1. The van der Waals surface area contributed by atoms with Gasteiger partial charge in [0, 0.05) is 12.1 Å². The van der Waals surface area contributed by atoms with Crippen LogP contribution in [0.4, 0.5) is 10.5 Å². The van der Waals surface area contributed by atoms with E-state index in [-0.39, 0.29) is 15.6 Å². The van der Waals surface area contributed by atoms with Gasteiger partial charge in [0.2, 0.25) is 0 Å². The second-order valence-corrected chi connectivity index (χ2v) is 8.82. The fourth-order valence-electron chi connectivity index (χ4n) is 2.32. The van der Waals surface area contributed by atoms with Crippen LogP contribution in [-0.4, -0.2) is 28.6 Å². The number of thiocarbonyl (C=S) groups is 1. The first-order valence-corrected chi connectivity index (χ1v) is 10.5. The Bertz CT molecular complexity index is 1110. The lowest BCUT2D eigenvalue weighted by atomic mass is 10.2. The quantitative estimate of drug-likeness (QED) is 0.330. The number of hydrogen-bond donors (Lipinski definition) is 1. The zero-order valence-electron chi connectivity index (χ0n) is 14.4. The van der Waals surface area contributed by atoms with Crippen LogP contribution in [0.5, 0.6) is 0 Å². The largest absolute Gasteiger partial charge is 0.307 e. The first-order chi connectivity index (χ1) is 13.2. The molecule has 3 rings (SSSR count). The van der Waals surface area contributed by atoms with Gasteiger partial charge >= 0.3 is 5.24 Å². The van der Waals surface area contributed by atoms with Crippen LogP contribution >= 0.6 is 24.0 Å². The summed E-state index contributed by atoms with van der Waals surface area (Å²) in [6.07, 6.45) is 1.50. The van der Waals surface area contributed by atoms with E-state index in [1.807, 2.05) is 6.92 Å². The van der Waals surface area contributed by atoms with Crippen molar-refractivity contribution in [2.75, 3.05) is 0 Å². The van der Waals surface area contributed by atoms with E-state index in [1.165, 1.54) is 36.4 Å². The number of hydrazine groups is 1. The molecule has 1 N–H and O–H groups in total. The van der Waals surface area contributed by atoms with Gasteiger partial charge in [0.1, 0.15) is 4.99 Å². The van der Waals surface area contributed by atoms with Gasteiger partial charge < -0.3 is 0 Å². The van der Waals surface area contributed by atoms with Crippen LogP contribution in [0.15, 0.2) is 58.3 Å². The molecule has 1 aliphatic heterocycles. The zero-order valence-corrected chi connectivity index (χ0v) is 16.8. The third-order valence-electron chi connectivity index (χ3n) is 3.72. The van der Waals surface area contributed by atoms with Crippen molar-refractivity contribution in [1.82, 2.24) is 9.84 Å². The number of carbonyl (C=O) groups excluding carboxylic acids is 1. The molecule has 1 amide bonds. The predicted octanol–water partition coefficient (Wildman–Crippen LogP) is 3.63. The van der Waals surface area contributed by atoms with Gasteiger partial charge in [0.05, 0.1) is 14.7 Å². The van der Waals surface area contributed by atoms with Crippen LogP contribution in [0.2, 0.25) is 0 Å². The summed E-state index contributed by atoms with van der Waals surface area (Å²) in [6, 6.07) is 11.9. The number of non-ortho nitro benzene ring substituents is 1. The van der Waals surface area contributed by atoms with Gasteiger partial charge in [-0.1, -0.05) is 42.0 Å². The molecule has 0 atom stereocenters. The molecule has 0 unspecified atom stereocenters. The highest BCUT2D eigenvalue weighted by Crippen LogP contribution is 2.33. The lowest BCUT2D eigenvalue weighted by Gasteiger charge is -2.16. The summed E-state index contributed by atoms with van der Waals surface area (Å²) in [7, 11) is -4.00. The molecule has 0 aromatic heterocycles. The fraction of sp³-hybridized carbons (Fsp3) is 0.0588. The molecule has 1 fully saturated rings. The predicted molar refractivity (Wildman–Crippen MR) is 110 cm³/mol. The molecule has 0 spiro atoms. The van der Waals surface area contributed by atoms with Gasteiger partial charge in [0.15, 0.2) is 0 Å². The molecule has 2 aromatic rings. The van der Waals surface area contributed by atoms with Crippen molar-refractivity contribution in [2.45, 2.75) is 11.8 Å². The minimum absolute atomic E-state index is 0.00480. The maximum absolute atomic E-state index is 12.5. The Labute approximate surface area is 170 Å². The molecule has 28 heavy (non-hydrogen) atoms. The topological polar surface area (TPSA) is 110 Å². The van der Waals surface area contributed by atoms with E-state index in [1.54, 1.807) is 18.2 Å². The van der Waals surface area contributed by atoms with Crippen molar-refractivity contribution in [2.24, 2.45) is 0 Å². The molecule has 0 saturated carbocycles. The zero-order chi connectivity index (χ0) is 20.5. The maximum atomic E-state index is 12.5. The van der Waals surface area contributed by atoms with E-state index >= 15 is 0 Å². The van der Waals surface area contributed by atoms with Crippen molar-refractivity contribution in [3.63, 3.8) is 0 Å². The normalized spacial score (nSPS) is 16.0. The summed E-state index contributed by atoms with van der Waals surface area (Å²) in [5.41, 5.74) is 1.26. The number of nitrogens with zero attached hydrogens (tertiary/aromatic N) is 2. The van der Waals surface area contributed by atoms with Crippen LogP contribution in [0.25, 0.3) is 6.08 Å². The highest BCUT2D eigenvalue weighted by Gasteiger charge is 2.35. The van der Waals surface area contributed by atoms with Crippen molar-refractivity contribution in [1.29, 1.82) is 0 Å². The standard InChI is InChI=1S/C17H13N3O5S3/c1-11-5-7-14(8-6-11)28(24,25)18-19-16(26)15(27-17(19)21)10-12-3-2-4-13(9-12)20(22)23/h2-10,18H,1H3. The summed E-state index contributed by atoms with van der Waals surface area (Å²) < 4.78 is 25.0. The highest BCUT2D eigenvalue weighted by atomic mass is 32.2. The van der Waals surface area contributed by atoms with Crippen LogP contribution in [0.1, 0.15) is 11.1 Å². The number of amides is 1. The number of nitro groups is 1. The number of carbonyl (C=O) groups is 1. The second-order valence-electron chi connectivity index (χ2n) is 5.78. The third-order valence-corrected chi connectivity index (χ3v) is 6.45. The first kappa shape index (κ1) is 20.1. The Morgan fingerprint density at radius 3 is 2.54 bits per heavy atom. The van der Waals surface area contributed by atoms with Gasteiger partial charge in [-0.25, -0.2) is 13.4 Å². The lowest BCUT2D eigenvalue weighted by Crippen LogP contribution is -2.44. The van der Waals surface area contributed by atoms with Gasteiger partial charge in [0.25, 0.3) is 15.7 Å². The van der Waals surface area contributed by atoms with Gasteiger partial charge in [-0.05, 0) is 42.5 Å². The fourth-order valence-corrected chi connectivity index (χ4v) is 4.61. The average Bonchev–Trinajstić information content (AvgIpc) is 2.89. The lowest BCUT2D eigenvalue weighted by molar-refractivity contribution is -0.384. The molecule has 11 heteroatoms. The molecule has 1 saturated heterocycles. The van der Waals surface area contributed by atoms with Crippen molar-refractivity contribution in [3.05, 3.63) is 74.7 Å². The number of rotatable bonds is 5. The van der Waals surface area contributed by atoms with E-state index in [9.17, 15) is 23.3 Å². The molecule has 0 bridgehead atoms. The number of nitrogens with one attached hydrogen (secondary N) is 1. The molecule has 1 aliphatic rings. The highest BCUT2D eigenvalue weighted by molar-refractivity contribution is 8.19.